The molecule has 30 heavy (non-hydrogen) atoms. The average molecular weight is 415 g/mol. The molecule has 1 atom stereocenters. The summed E-state index contributed by atoms with van der Waals surface area (Å²) in [6.07, 6.45) is -4.86. The predicted octanol–water partition coefficient (Wildman–Crippen LogP) is 4.60. The van der Waals surface area contributed by atoms with Crippen LogP contribution in [0.3, 0.4) is 0 Å². The summed E-state index contributed by atoms with van der Waals surface area (Å²) >= 11 is 0. The van der Waals surface area contributed by atoms with E-state index in [2.05, 4.69) is 5.32 Å². The fourth-order valence-electron chi connectivity index (χ4n) is 3.44. The summed E-state index contributed by atoms with van der Waals surface area (Å²) in [5, 5.41) is 13.7. The van der Waals surface area contributed by atoms with Gasteiger partial charge in [-0.1, -0.05) is 60.7 Å². The minimum atomic E-state index is -4.49. The molecule has 3 rings (SSSR count). The van der Waals surface area contributed by atoms with Crippen LogP contribution in [0, 0.1) is 0 Å². The number of carboxylic acids is 1. The molecule has 0 heterocycles. The van der Waals surface area contributed by atoms with Crippen molar-refractivity contribution >= 4 is 22.6 Å². The number of aliphatic carboxylic acids is 1. The summed E-state index contributed by atoms with van der Waals surface area (Å²) in [7, 11) is 0. The summed E-state index contributed by atoms with van der Waals surface area (Å²) < 4.78 is 38.8. The molecular formula is C23H20F3NO3. The number of carbonyl (C=O) groups is 2. The van der Waals surface area contributed by atoms with Crippen molar-refractivity contribution in [2.75, 3.05) is 0 Å². The van der Waals surface area contributed by atoms with Gasteiger partial charge in [0, 0.05) is 6.04 Å². The quantitative estimate of drug-likeness (QED) is 0.593. The van der Waals surface area contributed by atoms with Gasteiger partial charge in [-0.25, -0.2) is 0 Å². The van der Waals surface area contributed by atoms with Crippen LogP contribution in [-0.4, -0.2) is 23.0 Å². The zero-order chi connectivity index (χ0) is 21.7. The Morgan fingerprint density at radius 3 is 2.40 bits per heavy atom. The highest BCUT2D eigenvalue weighted by atomic mass is 19.4. The minimum Gasteiger partial charge on any atom is -0.481 e. The molecule has 0 aliphatic carbocycles. The number of hydrogen-bond donors (Lipinski definition) is 2. The van der Waals surface area contributed by atoms with Gasteiger partial charge in [-0.15, -0.1) is 0 Å². The molecule has 3 aromatic rings. The topological polar surface area (TPSA) is 66.4 Å². The number of carboxylic acid groups (broad SMARTS) is 1. The van der Waals surface area contributed by atoms with Crippen molar-refractivity contribution in [1.82, 2.24) is 5.32 Å². The third-order valence-corrected chi connectivity index (χ3v) is 4.75. The zero-order valence-corrected chi connectivity index (χ0v) is 15.9. The summed E-state index contributed by atoms with van der Waals surface area (Å²) in [5.41, 5.74) is 0.288. The SMILES string of the molecule is O=C(O)CC(Cc1cccc(C(F)(F)F)c1)NC(=O)Cc1cccc2ccccc12. The molecule has 1 unspecified atom stereocenters. The first-order valence-corrected chi connectivity index (χ1v) is 9.36. The maximum Gasteiger partial charge on any atom is 0.416 e. The first-order chi connectivity index (χ1) is 14.2. The highest BCUT2D eigenvalue weighted by Gasteiger charge is 2.30. The van der Waals surface area contributed by atoms with Gasteiger partial charge in [-0.3, -0.25) is 9.59 Å². The second-order valence-corrected chi connectivity index (χ2v) is 7.08. The van der Waals surface area contributed by atoms with E-state index in [0.29, 0.717) is 5.56 Å². The summed E-state index contributed by atoms with van der Waals surface area (Å²) in [6.45, 7) is 0. The molecule has 0 bridgehead atoms. The van der Waals surface area contributed by atoms with Crippen molar-refractivity contribution in [3.05, 3.63) is 83.4 Å². The molecule has 1 amide bonds. The monoisotopic (exact) mass is 415 g/mol. The van der Waals surface area contributed by atoms with Crippen LogP contribution in [0.25, 0.3) is 10.8 Å². The van der Waals surface area contributed by atoms with Crippen LogP contribution in [0.2, 0.25) is 0 Å². The van der Waals surface area contributed by atoms with Crippen molar-refractivity contribution in [2.24, 2.45) is 0 Å². The number of fused-ring (bicyclic) bond motifs is 1. The lowest BCUT2D eigenvalue weighted by molar-refractivity contribution is -0.139. The molecule has 0 saturated carbocycles. The van der Waals surface area contributed by atoms with Gasteiger partial charge in [0.2, 0.25) is 5.91 Å². The highest BCUT2D eigenvalue weighted by Crippen LogP contribution is 2.29. The normalized spacial score (nSPS) is 12.5. The molecule has 0 radical (unpaired) electrons. The largest absolute Gasteiger partial charge is 0.481 e. The van der Waals surface area contributed by atoms with E-state index in [1.165, 1.54) is 12.1 Å². The van der Waals surface area contributed by atoms with Crippen molar-refractivity contribution in [3.8, 4) is 0 Å². The van der Waals surface area contributed by atoms with Gasteiger partial charge in [-0.2, -0.15) is 13.2 Å². The average Bonchev–Trinajstić information content (AvgIpc) is 2.67. The van der Waals surface area contributed by atoms with Crippen molar-refractivity contribution in [2.45, 2.75) is 31.5 Å². The van der Waals surface area contributed by atoms with Crippen molar-refractivity contribution in [3.63, 3.8) is 0 Å². The van der Waals surface area contributed by atoms with E-state index in [1.54, 1.807) is 0 Å². The minimum absolute atomic E-state index is 0.0164. The zero-order valence-electron chi connectivity index (χ0n) is 15.9. The van der Waals surface area contributed by atoms with E-state index in [9.17, 15) is 22.8 Å². The molecule has 2 N–H and O–H groups in total. The Hall–Kier alpha value is -3.35. The second kappa shape index (κ2) is 8.98. The van der Waals surface area contributed by atoms with Crippen LogP contribution < -0.4 is 5.32 Å². The Morgan fingerprint density at radius 2 is 1.67 bits per heavy atom. The van der Waals surface area contributed by atoms with Crippen LogP contribution in [0.5, 0.6) is 0 Å². The Bertz CT molecular complexity index is 1060. The van der Waals surface area contributed by atoms with Gasteiger partial charge in [0.1, 0.15) is 0 Å². The third kappa shape index (κ3) is 5.59. The molecule has 0 fully saturated rings. The molecule has 0 aromatic heterocycles. The van der Waals surface area contributed by atoms with Gasteiger partial charge in [0.15, 0.2) is 0 Å². The van der Waals surface area contributed by atoms with Gasteiger partial charge >= 0.3 is 12.1 Å². The van der Waals surface area contributed by atoms with E-state index >= 15 is 0 Å². The van der Waals surface area contributed by atoms with Gasteiger partial charge < -0.3 is 10.4 Å². The molecule has 0 aliphatic rings. The number of carbonyl (C=O) groups excluding carboxylic acids is 1. The van der Waals surface area contributed by atoms with Crippen molar-refractivity contribution < 1.29 is 27.9 Å². The number of rotatable bonds is 7. The molecule has 156 valence electrons. The van der Waals surface area contributed by atoms with E-state index < -0.39 is 30.2 Å². The third-order valence-electron chi connectivity index (χ3n) is 4.75. The summed E-state index contributed by atoms with van der Waals surface area (Å²) in [4.78, 5) is 23.8. The van der Waals surface area contributed by atoms with E-state index in [-0.39, 0.29) is 18.7 Å². The maximum absolute atomic E-state index is 12.9. The highest BCUT2D eigenvalue weighted by molar-refractivity contribution is 5.90. The van der Waals surface area contributed by atoms with E-state index in [0.717, 1.165) is 28.5 Å². The van der Waals surface area contributed by atoms with Crippen LogP contribution in [0.1, 0.15) is 23.1 Å². The summed E-state index contributed by atoms with van der Waals surface area (Å²) in [6, 6.07) is 17.0. The van der Waals surface area contributed by atoms with Crippen molar-refractivity contribution in [1.29, 1.82) is 0 Å². The summed E-state index contributed by atoms with van der Waals surface area (Å²) in [5.74, 6) is -1.53. The molecule has 7 heteroatoms. The van der Waals surface area contributed by atoms with Crippen LogP contribution in [-0.2, 0) is 28.6 Å². The van der Waals surface area contributed by atoms with E-state index in [4.69, 9.17) is 5.11 Å². The lowest BCUT2D eigenvalue weighted by Crippen LogP contribution is -2.39. The number of alkyl halides is 3. The number of benzene rings is 3. The Morgan fingerprint density at radius 1 is 0.967 bits per heavy atom. The Kier molecular flexibility index (Phi) is 6.40. The fraction of sp³-hybridized carbons (Fsp3) is 0.217. The number of hydrogen-bond acceptors (Lipinski definition) is 2. The Labute approximate surface area is 171 Å². The maximum atomic E-state index is 12.9. The molecule has 0 spiro atoms. The van der Waals surface area contributed by atoms with Gasteiger partial charge in [-0.05, 0) is 34.4 Å². The van der Waals surface area contributed by atoms with Gasteiger partial charge in [0.25, 0.3) is 0 Å². The standard InChI is InChI=1S/C23H20F3NO3/c24-23(25,26)18-9-3-5-15(11-18)12-19(14-22(29)30)27-21(28)13-17-8-4-7-16-6-1-2-10-20(16)17/h1-11,19H,12-14H2,(H,27,28)(H,29,30). The number of nitrogens with one attached hydrogen (secondary N) is 1. The molecule has 0 aliphatic heterocycles. The fourth-order valence-corrected chi connectivity index (χ4v) is 3.44. The smallest absolute Gasteiger partial charge is 0.416 e. The van der Waals surface area contributed by atoms with Gasteiger partial charge in [0.05, 0.1) is 18.4 Å². The molecule has 0 saturated heterocycles. The molecule has 4 nitrogen and oxygen atoms in total. The second-order valence-electron chi connectivity index (χ2n) is 7.08. The Balaban J connectivity index is 1.74. The van der Waals surface area contributed by atoms with E-state index in [1.807, 2.05) is 42.5 Å². The number of halogens is 3. The lowest BCUT2D eigenvalue weighted by Gasteiger charge is -2.18. The van der Waals surface area contributed by atoms with Crippen LogP contribution >= 0.6 is 0 Å². The number of amides is 1. The molecule has 3 aromatic carbocycles. The first-order valence-electron chi connectivity index (χ1n) is 9.36. The first kappa shape index (κ1) is 21.4. The molecular weight excluding hydrogens is 395 g/mol. The predicted molar refractivity (Wildman–Crippen MR) is 107 cm³/mol. The lowest BCUT2D eigenvalue weighted by atomic mass is 9.99. The van der Waals surface area contributed by atoms with Crippen LogP contribution in [0.15, 0.2) is 66.7 Å². The van der Waals surface area contributed by atoms with Crippen LogP contribution in [0.4, 0.5) is 13.2 Å².